The zero-order chi connectivity index (χ0) is 17.5. The van der Waals surface area contributed by atoms with Crippen LogP contribution < -0.4 is 0 Å². The van der Waals surface area contributed by atoms with E-state index in [0.29, 0.717) is 5.92 Å². The van der Waals surface area contributed by atoms with E-state index in [1.165, 1.54) is 18.4 Å². The zero-order valence-electron chi connectivity index (χ0n) is 16.0. The Bertz CT molecular complexity index is 513. The van der Waals surface area contributed by atoms with Gasteiger partial charge in [0.15, 0.2) is 0 Å². The molecule has 0 aliphatic heterocycles. The lowest BCUT2D eigenvalue weighted by Gasteiger charge is -2.33. The zero-order valence-corrected chi connectivity index (χ0v) is 16.0. The second-order valence-corrected chi connectivity index (χ2v) is 7.58. The van der Waals surface area contributed by atoms with Gasteiger partial charge in [0.05, 0.1) is 0 Å². The van der Waals surface area contributed by atoms with Crippen LogP contribution in [0.5, 0.6) is 0 Å². The molecule has 0 N–H and O–H groups in total. The Balaban J connectivity index is 3.25. The Morgan fingerprint density at radius 3 is 2.43 bits per heavy atom. The smallest absolute Gasteiger partial charge is 0.127 e. The van der Waals surface area contributed by atoms with Crippen molar-refractivity contribution in [2.45, 2.75) is 85.5 Å². The fourth-order valence-electron chi connectivity index (χ4n) is 3.46. The van der Waals surface area contributed by atoms with Crippen LogP contribution in [0, 0.1) is 11.7 Å². The first-order valence-electron chi connectivity index (χ1n) is 9.28. The molecule has 1 aromatic carbocycles. The molecule has 0 aliphatic carbocycles. The van der Waals surface area contributed by atoms with Crippen molar-refractivity contribution in [2.24, 2.45) is 5.92 Å². The summed E-state index contributed by atoms with van der Waals surface area (Å²) >= 11 is 0. The van der Waals surface area contributed by atoms with Crippen molar-refractivity contribution in [3.8, 4) is 0 Å². The maximum absolute atomic E-state index is 14.8. The van der Waals surface area contributed by atoms with Crippen LogP contribution in [0.2, 0.25) is 0 Å². The lowest BCUT2D eigenvalue weighted by Crippen LogP contribution is -2.25. The van der Waals surface area contributed by atoms with Gasteiger partial charge in [0.25, 0.3) is 0 Å². The van der Waals surface area contributed by atoms with E-state index in [1.807, 2.05) is 13.0 Å². The Kier molecular flexibility index (Phi) is 8.02. The highest BCUT2D eigenvalue weighted by molar-refractivity contribution is 5.67. The van der Waals surface area contributed by atoms with Gasteiger partial charge < -0.3 is 0 Å². The highest BCUT2D eigenvalue weighted by Crippen LogP contribution is 2.40. The number of unbranched alkanes of at least 4 members (excludes halogenated alkanes) is 1. The number of rotatable bonds is 9. The molecule has 1 atom stereocenters. The van der Waals surface area contributed by atoms with Gasteiger partial charge in [0, 0.05) is 5.56 Å². The van der Waals surface area contributed by atoms with Crippen LogP contribution in [-0.4, -0.2) is 0 Å². The average molecular weight is 319 g/mol. The van der Waals surface area contributed by atoms with Gasteiger partial charge in [0.1, 0.15) is 5.82 Å². The first-order valence-corrected chi connectivity index (χ1v) is 9.28. The number of benzene rings is 1. The number of hydrogen-bond donors (Lipinski definition) is 0. The molecule has 0 aliphatic rings. The highest BCUT2D eigenvalue weighted by Gasteiger charge is 2.31. The fraction of sp³-hybridized carbons (Fsp3) is 0.636. The number of hydrogen-bond acceptors (Lipinski definition) is 0. The molecule has 0 aromatic heterocycles. The largest absolute Gasteiger partial charge is 0.207 e. The SMILES string of the molecule is C/C=C(\C)c1cccc(F)c1C(C)(CCCC)CCCC(C)C. The van der Waals surface area contributed by atoms with Gasteiger partial charge in [-0.2, -0.15) is 0 Å². The molecule has 0 fully saturated rings. The summed E-state index contributed by atoms with van der Waals surface area (Å²) in [5.74, 6) is 0.676. The van der Waals surface area contributed by atoms with Gasteiger partial charge in [-0.3, -0.25) is 0 Å². The molecule has 23 heavy (non-hydrogen) atoms. The molecule has 130 valence electrons. The predicted octanol–water partition coefficient (Wildman–Crippen LogP) is 7.52. The van der Waals surface area contributed by atoms with Crippen molar-refractivity contribution in [3.05, 3.63) is 41.2 Å². The molecule has 0 heterocycles. The molecule has 0 spiro atoms. The summed E-state index contributed by atoms with van der Waals surface area (Å²) in [7, 11) is 0. The molecule has 1 heteroatoms. The van der Waals surface area contributed by atoms with Gasteiger partial charge in [-0.25, -0.2) is 4.39 Å². The minimum absolute atomic E-state index is 0.0353. The van der Waals surface area contributed by atoms with E-state index in [9.17, 15) is 4.39 Å². The average Bonchev–Trinajstić information content (AvgIpc) is 2.51. The van der Waals surface area contributed by atoms with E-state index in [-0.39, 0.29) is 11.2 Å². The third-order valence-electron chi connectivity index (χ3n) is 5.07. The number of halogens is 1. The summed E-state index contributed by atoms with van der Waals surface area (Å²) in [5.41, 5.74) is 3.13. The second-order valence-electron chi connectivity index (χ2n) is 7.58. The summed E-state index contributed by atoms with van der Waals surface area (Å²) in [4.78, 5) is 0. The number of allylic oxidation sites excluding steroid dienone is 2. The second kappa shape index (κ2) is 9.25. The van der Waals surface area contributed by atoms with Crippen molar-refractivity contribution in [1.82, 2.24) is 0 Å². The molecule has 1 rings (SSSR count). The molecule has 1 unspecified atom stereocenters. The third-order valence-corrected chi connectivity index (χ3v) is 5.07. The van der Waals surface area contributed by atoms with Gasteiger partial charge in [-0.05, 0) is 55.2 Å². The van der Waals surface area contributed by atoms with Gasteiger partial charge >= 0.3 is 0 Å². The van der Waals surface area contributed by atoms with E-state index in [0.717, 1.165) is 36.8 Å². The van der Waals surface area contributed by atoms with Crippen LogP contribution in [0.3, 0.4) is 0 Å². The van der Waals surface area contributed by atoms with Crippen LogP contribution in [0.1, 0.15) is 91.2 Å². The first-order chi connectivity index (χ1) is 10.9. The maximum atomic E-state index is 14.8. The lowest BCUT2D eigenvalue weighted by atomic mass is 9.71. The molecular formula is C22H35F. The summed E-state index contributed by atoms with van der Waals surface area (Å²) < 4.78 is 14.8. The molecule has 0 nitrogen and oxygen atoms in total. The highest BCUT2D eigenvalue weighted by atomic mass is 19.1. The Labute approximate surface area is 143 Å². The quantitative estimate of drug-likeness (QED) is 0.441. The normalized spacial score (nSPS) is 15.0. The van der Waals surface area contributed by atoms with Crippen LogP contribution in [0.4, 0.5) is 4.39 Å². The van der Waals surface area contributed by atoms with Crippen molar-refractivity contribution in [2.75, 3.05) is 0 Å². The Morgan fingerprint density at radius 2 is 1.87 bits per heavy atom. The summed E-state index contributed by atoms with van der Waals surface area (Å²) in [6, 6.07) is 5.56. The maximum Gasteiger partial charge on any atom is 0.127 e. The molecule has 0 saturated carbocycles. The molecule has 0 saturated heterocycles. The Hall–Kier alpha value is -1.11. The van der Waals surface area contributed by atoms with Crippen molar-refractivity contribution >= 4 is 5.57 Å². The summed E-state index contributed by atoms with van der Waals surface area (Å²) in [5, 5.41) is 0. The van der Waals surface area contributed by atoms with Crippen molar-refractivity contribution in [1.29, 1.82) is 0 Å². The molecule has 1 aromatic rings. The van der Waals surface area contributed by atoms with Crippen molar-refractivity contribution < 1.29 is 4.39 Å². The molecule has 0 amide bonds. The van der Waals surface area contributed by atoms with Gasteiger partial charge in [0.2, 0.25) is 0 Å². The first kappa shape index (κ1) is 19.9. The van der Waals surface area contributed by atoms with Gasteiger partial charge in [-0.15, -0.1) is 0 Å². The third kappa shape index (κ3) is 5.48. The monoisotopic (exact) mass is 318 g/mol. The van der Waals surface area contributed by atoms with Crippen molar-refractivity contribution in [3.63, 3.8) is 0 Å². The van der Waals surface area contributed by atoms with E-state index in [1.54, 1.807) is 6.07 Å². The topological polar surface area (TPSA) is 0 Å². The van der Waals surface area contributed by atoms with Crippen LogP contribution in [0.15, 0.2) is 24.3 Å². The minimum atomic E-state index is -0.0736. The minimum Gasteiger partial charge on any atom is -0.207 e. The summed E-state index contributed by atoms with van der Waals surface area (Å²) in [6.07, 6.45) is 8.91. The van der Waals surface area contributed by atoms with E-state index in [4.69, 9.17) is 0 Å². The standard InChI is InChI=1S/C22H35F/c1-7-9-15-22(6,16-11-12-17(3)4)21-19(18(5)8-2)13-10-14-20(21)23/h8,10,13-14,17H,7,9,11-12,15-16H2,1-6H3/b18-8+. The predicted molar refractivity (Wildman–Crippen MR) is 101 cm³/mol. The van der Waals surface area contributed by atoms with Gasteiger partial charge in [-0.1, -0.05) is 71.6 Å². The Morgan fingerprint density at radius 1 is 1.22 bits per heavy atom. The molecule has 0 radical (unpaired) electrons. The van der Waals surface area contributed by atoms with Crippen LogP contribution in [0.25, 0.3) is 5.57 Å². The lowest BCUT2D eigenvalue weighted by molar-refractivity contribution is 0.346. The van der Waals surface area contributed by atoms with E-state index < -0.39 is 0 Å². The fourth-order valence-corrected chi connectivity index (χ4v) is 3.46. The molecule has 0 bridgehead atoms. The van der Waals surface area contributed by atoms with E-state index in [2.05, 4.69) is 46.8 Å². The van der Waals surface area contributed by atoms with Crippen LogP contribution in [-0.2, 0) is 5.41 Å². The van der Waals surface area contributed by atoms with Crippen LogP contribution >= 0.6 is 0 Å². The summed E-state index contributed by atoms with van der Waals surface area (Å²) in [6.45, 7) is 13.1. The van der Waals surface area contributed by atoms with E-state index >= 15 is 0 Å². The molecular weight excluding hydrogens is 283 g/mol.